The molecule has 1 saturated heterocycles. The van der Waals surface area contributed by atoms with E-state index in [2.05, 4.69) is 45.0 Å². The van der Waals surface area contributed by atoms with Crippen molar-refractivity contribution < 1.29 is 18.7 Å². The summed E-state index contributed by atoms with van der Waals surface area (Å²) in [4.78, 5) is 13.0. The highest BCUT2D eigenvalue weighted by molar-refractivity contribution is 6.99. The molecule has 4 nitrogen and oxygen atoms in total. The summed E-state index contributed by atoms with van der Waals surface area (Å²) in [7, 11) is -2.78. The van der Waals surface area contributed by atoms with Crippen LogP contribution in [0.15, 0.2) is 60.7 Å². The van der Waals surface area contributed by atoms with E-state index in [1.807, 2.05) is 50.2 Å². The molecular weight excluding hydrogens is 392 g/mol. The van der Waals surface area contributed by atoms with E-state index in [0.29, 0.717) is 6.61 Å². The first-order chi connectivity index (χ1) is 14.2. The van der Waals surface area contributed by atoms with Gasteiger partial charge in [0, 0.05) is 0 Å². The van der Waals surface area contributed by atoms with Crippen molar-refractivity contribution in [3.63, 3.8) is 0 Å². The Hall–Kier alpha value is -1.95. The van der Waals surface area contributed by atoms with Crippen LogP contribution in [0.3, 0.4) is 0 Å². The SMILES string of the molecule is CC1CCC(OC(=O)[C@@H](C)O[Si](c2ccccc2)(c2ccccc2)C(C)(C)C)CO1. The Kier molecular flexibility index (Phi) is 7.16. The monoisotopic (exact) mass is 426 g/mol. The number of carbonyl (C=O) groups excluding carboxylic acids is 1. The van der Waals surface area contributed by atoms with Gasteiger partial charge in [0.05, 0.1) is 12.7 Å². The fraction of sp³-hybridized carbons (Fsp3) is 0.480. The number of esters is 1. The van der Waals surface area contributed by atoms with Crippen LogP contribution in [0, 0.1) is 0 Å². The van der Waals surface area contributed by atoms with Gasteiger partial charge in [-0.15, -0.1) is 0 Å². The number of hydrogen-bond donors (Lipinski definition) is 0. The van der Waals surface area contributed by atoms with Crippen LogP contribution < -0.4 is 10.4 Å². The average molecular weight is 427 g/mol. The first-order valence-corrected chi connectivity index (χ1v) is 12.8. The van der Waals surface area contributed by atoms with Gasteiger partial charge in [-0.1, -0.05) is 81.4 Å². The van der Waals surface area contributed by atoms with Gasteiger partial charge in [-0.25, -0.2) is 4.79 Å². The third kappa shape index (κ3) is 4.85. The Morgan fingerprint density at radius 1 is 1.00 bits per heavy atom. The number of carbonyl (C=O) groups is 1. The second kappa shape index (κ2) is 9.46. The molecule has 30 heavy (non-hydrogen) atoms. The highest BCUT2D eigenvalue weighted by Gasteiger charge is 2.52. The van der Waals surface area contributed by atoms with Crippen LogP contribution in [0.2, 0.25) is 5.04 Å². The van der Waals surface area contributed by atoms with Gasteiger partial charge in [-0.3, -0.25) is 0 Å². The zero-order valence-electron chi connectivity index (χ0n) is 18.8. The largest absolute Gasteiger partial charge is 0.458 e. The standard InChI is InChI=1S/C25H34O4Si/c1-19-16-17-21(18-27-19)28-24(26)20(2)29-30(25(3,4)5,22-12-8-6-9-13-22)23-14-10-7-11-15-23/h6-15,19-21H,16-18H2,1-5H3/t19?,20-,21?/m1/s1. The summed E-state index contributed by atoms with van der Waals surface area (Å²) in [6.45, 7) is 10.9. The minimum atomic E-state index is -2.78. The molecule has 0 aromatic heterocycles. The van der Waals surface area contributed by atoms with Crippen LogP contribution in [0.25, 0.3) is 0 Å². The van der Waals surface area contributed by atoms with Crippen LogP contribution in [0.4, 0.5) is 0 Å². The predicted octanol–water partition coefficient (Wildman–Crippen LogP) is 4.06. The normalized spacial score (nSPS) is 21.1. The molecular formula is C25H34O4Si. The van der Waals surface area contributed by atoms with Crippen molar-refractivity contribution in [3.05, 3.63) is 60.7 Å². The molecule has 5 heteroatoms. The molecule has 2 aromatic rings. The van der Waals surface area contributed by atoms with Gasteiger partial charge >= 0.3 is 5.97 Å². The molecule has 0 radical (unpaired) electrons. The maximum atomic E-state index is 13.0. The molecule has 0 N–H and O–H groups in total. The zero-order chi connectivity index (χ0) is 21.8. The molecule has 1 heterocycles. The topological polar surface area (TPSA) is 44.8 Å². The Morgan fingerprint density at radius 2 is 1.53 bits per heavy atom. The van der Waals surface area contributed by atoms with Crippen molar-refractivity contribution in [3.8, 4) is 0 Å². The lowest BCUT2D eigenvalue weighted by molar-refractivity contribution is -0.165. The molecule has 0 amide bonds. The lowest BCUT2D eigenvalue weighted by atomic mass is 10.1. The first-order valence-electron chi connectivity index (χ1n) is 10.8. The van der Waals surface area contributed by atoms with Crippen molar-refractivity contribution >= 4 is 24.7 Å². The molecule has 1 aliphatic rings. The van der Waals surface area contributed by atoms with E-state index >= 15 is 0 Å². The molecule has 1 aliphatic heterocycles. The molecule has 3 atom stereocenters. The summed E-state index contributed by atoms with van der Waals surface area (Å²) in [6.07, 6.45) is 1.10. The Balaban J connectivity index is 1.92. The minimum absolute atomic E-state index is 0.187. The van der Waals surface area contributed by atoms with Crippen LogP contribution >= 0.6 is 0 Å². The summed E-state index contributed by atoms with van der Waals surface area (Å²) in [5.74, 6) is -0.314. The zero-order valence-corrected chi connectivity index (χ0v) is 19.8. The maximum absolute atomic E-state index is 13.0. The van der Waals surface area contributed by atoms with E-state index in [1.165, 1.54) is 0 Å². The van der Waals surface area contributed by atoms with Crippen molar-refractivity contribution in [1.29, 1.82) is 0 Å². The van der Waals surface area contributed by atoms with Gasteiger partial charge in [0.25, 0.3) is 8.32 Å². The Bertz CT molecular complexity index is 769. The van der Waals surface area contributed by atoms with E-state index in [-0.39, 0.29) is 23.2 Å². The quantitative estimate of drug-likeness (QED) is 0.516. The fourth-order valence-corrected chi connectivity index (χ4v) is 8.86. The molecule has 162 valence electrons. The summed E-state index contributed by atoms with van der Waals surface area (Å²) >= 11 is 0. The Labute approximate surface area is 181 Å². The number of benzene rings is 2. The van der Waals surface area contributed by atoms with Crippen LogP contribution in [-0.2, 0) is 18.7 Å². The van der Waals surface area contributed by atoms with Crippen LogP contribution in [0.5, 0.6) is 0 Å². The lowest BCUT2D eigenvalue weighted by Crippen LogP contribution is -2.68. The second-order valence-electron chi connectivity index (χ2n) is 9.20. The van der Waals surface area contributed by atoms with E-state index in [4.69, 9.17) is 13.9 Å². The van der Waals surface area contributed by atoms with Crippen molar-refractivity contribution in [1.82, 2.24) is 0 Å². The smallest absolute Gasteiger partial charge is 0.334 e. The summed E-state index contributed by atoms with van der Waals surface area (Å²) in [5, 5.41) is 2.12. The van der Waals surface area contributed by atoms with Gasteiger partial charge in [0.1, 0.15) is 12.2 Å². The number of rotatable bonds is 6. The van der Waals surface area contributed by atoms with Crippen LogP contribution in [0.1, 0.15) is 47.5 Å². The first kappa shape index (κ1) is 22.7. The van der Waals surface area contributed by atoms with E-state index < -0.39 is 14.4 Å². The van der Waals surface area contributed by atoms with Gasteiger partial charge in [-0.2, -0.15) is 0 Å². The van der Waals surface area contributed by atoms with E-state index in [1.54, 1.807) is 0 Å². The molecule has 2 unspecified atom stereocenters. The van der Waals surface area contributed by atoms with Crippen molar-refractivity contribution in [2.24, 2.45) is 0 Å². The molecule has 3 rings (SSSR count). The summed E-state index contributed by atoms with van der Waals surface area (Å²) < 4.78 is 18.2. The third-order valence-corrected chi connectivity index (χ3v) is 11.0. The molecule has 0 bridgehead atoms. The maximum Gasteiger partial charge on any atom is 0.334 e. The molecule has 0 saturated carbocycles. The van der Waals surface area contributed by atoms with Crippen LogP contribution in [-0.4, -0.2) is 39.2 Å². The van der Waals surface area contributed by atoms with Crippen molar-refractivity contribution in [2.45, 2.75) is 70.8 Å². The number of ether oxygens (including phenoxy) is 2. The van der Waals surface area contributed by atoms with Gasteiger partial charge in [-0.05, 0) is 42.1 Å². The lowest BCUT2D eigenvalue weighted by Gasteiger charge is -2.44. The summed E-state index contributed by atoms with van der Waals surface area (Å²) in [5.41, 5.74) is 0. The molecule has 0 spiro atoms. The van der Waals surface area contributed by atoms with E-state index in [9.17, 15) is 4.79 Å². The predicted molar refractivity (Wildman–Crippen MR) is 123 cm³/mol. The molecule has 0 aliphatic carbocycles. The molecule has 2 aromatic carbocycles. The third-order valence-electron chi connectivity index (χ3n) is 5.85. The average Bonchev–Trinajstić information content (AvgIpc) is 2.73. The fourth-order valence-electron chi connectivity index (χ4n) is 4.22. The second-order valence-corrected chi connectivity index (χ2v) is 13.5. The van der Waals surface area contributed by atoms with Gasteiger partial charge < -0.3 is 13.9 Å². The van der Waals surface area contributed by atoms with Gasteiger partial charge in [0.15, 0.2) is 0 Å². The Morgan fingerprint density at radius 3 is 1.97 bits per heavy atom. The van der Waals surface area contributed by atoms with E-state index in [0.717, 1.165) is 23.2 Å². The molecule has 1 fully saturated rings. The minimum Gasteiger partial charge on any atom is -0.458 e. The van der Waals surface area contributed by atoms with Crippen molar-refractivity contribution in [2.75, 3.05) is 6.61 Å². The number of hydrogen-bond acceptors (Lipinski definition) is 4. The van der Waals surface area contributed by atoms with Gasteiger partial charge in [0.2, 0.25) is 0 Å². The summed E-state index contributed by atoms with van der Waals surface area (Å²) in [6, 6.07) is 20.7. The highest BCUT2D eigenvalue weighted by Crippen LogP contribution is 2.37. The highest BCUT2D eigenvalue weighted by atomic mass is 28.4.